The lowest BCUT2D eigenvalue weighted by Gasteiger charge is -2.06. The van der Waals surface area contributed by atoms with Gasteiger partial charge in [0, 0.05) is 24.0 Å². The van der Waals surface area contributed by atoms with Crippen molar-refractivity contribution in [2.75, 3.05) is 0 Å². The number of rotatable bonds is 4. The van der Waals surface area contributed by atoms with E-state index in [0.29, 0.717) is 12.4 Å². The molecular weight excluding hydrogens is 297 g/mol. The van der Waals surface area contributed by atoms with Gasteiger partial charge in [-0.2, -0.15) is 0 Å². The first-order valence-corrected chi connectivity index (χ1v) is 7.70. The molecule has 3 rings (SSSR count). The van der Waals surface area contributed by atoms with Crippen LogP contribution in [0.1, 0.15) is 16.5 Å². The number of hydrogen-bond donors (Lipinski definition) is 0. The van der Waals surface area contributed by atoms with Crippen LogP contribution in [-0.2, 0) is 18.8 Å². The van der Waals surface area contributed by atoms with E-state index in [1.54, 1.807) is 17.4 Å². The molecule has 0 saturated carbocycles. The third kappa shape index (κ3) is 2.55. The Bertz CT molecular complexity index is 750. The molecule has 0 aliphatic carbocycles. The third-order valence-electron chi connectivity index (χ3n) is 3.12. The molecule has 0 aliphatic heterocycles. The first-order valence-electron chi connectivity index (χ1n) is 6.29. The van der Waals surface area contributed by atoms with Crippen molar-refractivity contribution in [2.24, 2.45) is 0 Å². The Morgan fingerprint density at radius 1 is 1.35 bits per heavy atom. The van der Waals surface area contributed by atoms with E-state index in [1.165, 1.54) is 12.1 Å². The van der Waals surface area contributed by atoms with Crippen molar-refractivity contribution in [3.63, 3.8) is 0 Å². The molecule has 0 amide bonds. The number of nitrogens with zero attached hydrogens (tertiary/aromatic N) is 3. The molecule has 3 aromatic rings. The van der Waals surface area contributed by atoms with Gasteiger partial charge in [-0.25, -0.2) is 14.4 Å². The number of alkyl halides is 1. The molecule has 104 valence electrons. The maximum atomic E-state index is 13.4. The van der Waals surface area contributed by atoms with Gasteiger partial charge in [-0.3, -0.25) is 0 Å². The van der Waals surface area contributed by atoms with Crippen LogP contribution in [0.5, 0.6) is 0 Å². The molecule has 0 bridgehead atoms. The van der Waals surface area contributed by atoms with Crippen LogP contribution < -0.4 is 0 Å². The van der Waals surface area contributed by atoms with E-state index in [0.717, 1.165) is 34.0 Å². The summed E-state index contributed by atoms with van der Waals surface area (Å²) >= 11 is 7.58. The fourth-order valence-electron chi connectivity index (χ4n) is 2.22. The summed E-state index contributed by atoms with van der Waals surface area (Å²) in [4.78, 5) is 8.88. The van der Waals surface area contributed by atoms with Crippen LogP contribution in [0, 0.1) is 12.7 Å². The van der Waals surface area contributed by atoms with Gasteiger partial charge in [0.25, 0.3) is 0 Å². The number of aryl methyl sites for hydroxylation is 3. The average molecular weight is 310 g/mol. The van der Waals surface area contributed by atoms with Crippen molar-refractivity contribution in [1.82, 2.24) is 14.5 Å². The molecule has 2 aromatic heterocycles. The standard InChI is InChI=1S/C14H13ClFN3S/c1-9-8-20-14(17-9)4-5-19-12-6-10(16)2-3-11(12)18-13(19)7-15/h2-3,6,8H,4-5,7H2,1H3. The number of benzene rings is 1. The van der Waals surface area contributed by atoms with E-state index in [4.69, 9.17) is 11.6 Å². The van der Waals surface area contributed by atoms with Crippen LogP contribution >= 0.6 is 22.9 Å². The fraction of sp³-hybridized carbons (Fsp3) is 0.286. The van der Waals surface area contributed by atoms with Crippen LogP contribution in [0.4, 0.5) is 4.39 Å². The molecule has 0 unspecified atom stereocenters. The van der Waals surface area contributed by atoms with Crippen molar-refractivity contribution in [2.45, 2.75) is 25.8 Å². The predicted molar refractivity (Wildman–Crippen MR) is 79.8 cm³/mol. The predicted octanol–water partition coefficient (Wildman–Crippen LogP) is 3.92. The van der Waals surface area contributed by atoms with Gasteiger partial charge in [0.05, 0.1) is 21.9 Å². The second-order valence-corrected chi connectivity index (χ2v) is 5.79. The monoisotopic (exact) mass is 309 g/mol. The summed E-state index contributed by atoms with van der Waals surface area (Å²) in [6.07, 6.45) is 0.796. The molecule has 1 aromatic carbocycles. The highest BCUT2D eigenvalue weighted by Crippen LogP contribution is 2.20. The molecule has 0 N–H and O–H groups in total. The van der Waals surface area contributed by atoms with Gasteiger partial charge in [0.2, 0.25) is 0 Å². The van der Waals surface area contributed by atoms with E-state index >= 15 is 0 Å². The lowest BCUT2D eigenvalue weighted by Crippen LogP contribution is -2.05. The zero-order valence-corrected chi connectivity index (χ0v) is 12.5. The zero-order valence-electron chi connectivity index (χ0n) is 10.9. The molecule has 0 aliphatic rings. The quantitative estimate of drug-likeness (QED) is 0.684. The van der Waals surface area contributed by atoms with Crippen molar-refractivity contribution >= 4 is 34.0 Å². The SMILES string of the molecule is Cc1csc(CCn2c(CCl)nc3ccc(F)cc32)n1. The normalized spacial score (nSPS) is 11.3. The average Bonchev–Trinajstić information content (AvgIpc) is 2.99. The maximum Gasteiger partial charge on any atom is 0.125 e. The molecule has 0 atom stereocenters. The smallest absolute Gasteiger partial charge is 0.125 e. The van der Waals surface area contributed by atoms with Gasteiger partial charge in [-0.15, -0.1) is 22.9 Å². The summed E-state index contributed by atoms with van der Waals surface area (Å²) in [6, 6.07) is 4.61. The summed E-state index contributed by atoms with van der Waals surface area (Å²) in [5.74, 6) is 0.818. The van der Waals surface area contributed by atoms with E-state index < -0.39 is 0 Å². The van der Waals surface area contributed by atoms with Gasteiger partial charge in [0.15, 0.2) is 0 Å². The van der Waals surface area contributed by atoms with Gasteiger partial charge < -0.3 is 4.57 Å². The Balaban J connectivity index is 1.94. The zero-order chi connectivity index (χ0) is 14.1. The molecule has 0 spiro atoms. The van der Waals surface area contributed by atoms with E-state index in [2.05, 4.69) is 9.97 Å². The number of imidazole rings is 1. The van der Waals surface area contributed by atoms with Crippen molar-refractivity contribution in [1.29, 1.82) is 0 Å². The molecule has 2 heterocycles. The van der Waals surface area contributed by atoms with Crippen LogP contribution in [0.2, 0.25) is 0 Å². The summed E-state index contributed by atoms with van der Waals surface area (Å²) < 4.78 is 15.4. The highest BCUT2D eigenvalue weighted by Gasteiger charge is 2.11. The molecule has 0 radical (unpaired) electrons. The molecule has 3 nitrogen and oxygen atoms in total. The minimum atomic E-state index is -0.259. The first kappa shape index (κ1) is 13.5. The van der Waals surface area contributed by atoms with Gasteiger partial charge >= 0.3 is 0 Å². The Morgan fingerprint density at radius 2 is 2.20 bits per heavy atom. The lowest BCUT2D eigenvalue weighted by atomic mass is 10.3. The van der Waals surface area contributed by atoms with Crippen molar-refractivity contribution in [3.8, 4) is 0 Å². The summed E-state index contributed by atoms with van der Waals surface area (Å²) in [5, 5.41) is 3.10. The molecule has 20 heavy (non-hydrogen) atoms. The van der Waals surface area contributed by atoms with Crippen molar-refractivity contribution in [3.05, 3.63) is 45.9 Å². The number of fused-ring (bicyclic) bond motifs is 1. The summed E-state index contributed by atoms with van der Waals surface area (Å²) in [5.41, 5.74) is 2.59. The molecule has 0 saturated heterocycles. The number of halogens is 2. The number of aromatic nitrogens is 3. The Morgan fingerprint density at radius 3 is 2.90 bits per heavy atom. The minimum absolute atomic E-state index is 0.259. The van der Waals surface area contributed by atoms with Crippen molar-refractivity contribution < 1.29 is 4.39 Å². The van der Waals surface area contributed by atoms with E-state index in [1.807, 2.05) is 16.9 Å². The third-order valence-corrected chi connectivity index (χ3v) is 4.39. The maximum absolute atomic E-state index is 13.4. The van der Waals surface area contributed by atoms with Gasteiger partial charge in [-0.1, -0.05) is 0 Å². The highest BCUT2D eigenvalue weighted by atomic mass is 35.5. The Kier molecular flexibility index (Phi) is 3.72. The van der Waals surface area contributed by atoms with Gasteiger partial charge in [-0.05, 0) is 25.1 Å². The van der Waals surface area contributed by atoms with Crippen LogP contribution in [0.3, 0.4) is 0 Å². The van der Waals surface area contributed by atoms with Crippen LogP contribution in [0.15, 0.2) is 23.6 Å². The Labute approximate surface area is 125 Å². The largest absolute Gasteiger partial charge is 0.326 e. The molecule has 0 fully saturated rings. The highest BCUT2D eigenvalue weighted by molar-refractivity contribution is 7.09. The Hall–Kier alpha value is -1.46. The molecule has 6 heteroatoms. The van der Waals surface area contributed by atoms with Crippen LogP contribution in [0.25, 0.3) is 11.0 Å². The van der Waals surface area contributed by atoms with E-state index in [-0.39, 0.29) is 5.82 Å². The number of thiazole rings is 1. The summed E-state index contributed by atoms with van der Waals surface area (Å²) in [7, 11) is 0. The first-order chi connectivity index (χ1) is 9.67. The summed E-state index contributed by atoms with van der Waals surface area (Å²) in [6.45, 7) is 2.68. The molecular formula is C14H13ClFN3S. The second-order valence-electron chi connectivity index (χ2n) is 4.58. The van der Waals surface area contributed by atoms with Gasteiger partial charge in [0.1, 0.15) is 11.6 Å². The minimum Gasteiger partial charge on any atom is -0.326 e. The van der Waals surface area contributed by atoms with E-state index in [9.17, 15) is 4.39 Å². The fourth-order valence-corrected chi connectivity index (χ4v) is 3.19. The lowest BCUT2D eigenvalue weighted by molar-refractivity contribution is 0.626. The van der Waals surface area contributed by atoms with Crippen LogP contribution in [-0.4, -0.2) is 14.5 Å². The second kappa shape index (κ2) is 5.50. The topological polar surface area (TPSA) is 30.7 Å². The number of hydrogen-bond acceptors (Lipinski definition) is 3.